The smallest absolute Gasteiger partial charge is 0.185 e. The third kappa shape index (κ3) is 4.29. The van der Waals surface area contributed by atoms with Crippen LogP contribution in [-0.4, -0.2) is 24.1 Å². The maximum atomic E-state index is 4.86. The number of rotatable bonds is 5. The fraction of sp³-hybridized carbons (Fsp3) is 0.471. The summed E-state index contributed by atoms with van der Waals surface area (Å²) in [5.41, 5.74) is 2.40. The molecular formula is C17H25N3S. The van der Waals surface area contributed by atoms with Gasteiger partial charge in [0, 0.05) is 36.1 Å². The molecule has 2 aromatic rings. The lowest BCUT2D eigenvalue weighted by atomic mass is 10.1. The molecule has 0 atom stereocenters. The van der Waals surface area contributed by atoms with Crippen LogP contribution in [0.4, 0.5) is 5.13 Å². The minimum Gasteiger partial charge on any atom is -0.351 e. The second kappa shape index (κ2) is 6.58. The van der Waals surface area contributed by atoms with E-state index in [4.69, 9.17) is 4.98 Å². The van der Waals surface area contributed by atoms with E-state index in [9.17, 15) is 0 Å². The van der Waals surface area contributed by atoms with Crippen LogP contribution in [0.25, 0.3) is 11.3 Å². The van der Waals surface area contributed by atoms with Gasteiger partial charge in [0.2, 0.25) is 0 Å². The summed E-state index contributed by atoms with van der Waals surface area (Å²) in [6, 6.07) is 10.4. The van der Waals surface area contributed by atoms with E-state index in [1.165, 1.54) is 10.4 Å². The molecule has 0 saturated heterocycles. The summed E-state index contributed by atoms with van der Waals surface area (Å²) >= 11 is 1.78. The molecule has 0 fully saturated rings. The molecule has 1 heterocycles. The first-order chi connectivity index (χ1) is 9.90. The van der Waals surface area contributed by atoms with Gasteiger partial charge in [-0.05, 0) is 27.7 Å². The molecule has 0 spiro atoms. The van der Waals surface area contributed by atoms with Gasteiger partial charge in [-0.15, -0.1) is 0 Å². The summed E-state index contributed by atoms with van der Waals surface area (Å²) in [7, 11) is 2.09. The Morgan fingerprint density at radius 2 is 1.86 bits per heavy atom. The third-order valence-electron chi connectivity index (χ3n) is 3.31. The number of hydrogen-bond acceptors (Lipinski definition) is 4. The normalized spacial score (nSPS) is 11.7. The Labute approximate surface area is 132 Å². The number of nitrogens with one attached hydrogen (secondary N) is 1. The first-order valence-electron chi connectivity index (χ1n) is 7.42. The highest BCUT2D eigenvalue weighted by Crippen LogP contribution is 2.32. The highest BCUT2D eigenvalue weighted by atomic mass is 32.1. The van der Waals surface area contributed by atoms with Crippen molar-refractivity contribution < 1.29 is 0 Å². The zero-order valence-corrected chi connectivity index (χ0v) is 14.4. The number of aromatic nitrogens is 1. The third-order valence-corrected chi connectivity index (χ3v) is 4.48. The molecule has 2 rings (SSSR count). The standard InChI is InChI=1S/C17H25N3S/c1-6-20(5)16-19-15(13-10-8-7-9-11-13)14(21-16)12-18-17(2,3)4/h7-11,18H,6,12H2,1-5H3. The van der Waals surface area contributed by atoms with Crippen LogP contribution in [0, 0.1) is 0 Å². The Balaban J connectivity index is 2.34. The highest BCUT2D eigenvalue weighted by Gasteiger charge is 2.17. The Kier molecular flexibility index (Phi) is 5.01. The van der Waals surface area contributed by atoms with Gasteiger partial charge in [0.05, 0.1) is 5.69 Å². The second-order valence-electron chi connectivity index (χ2n) is 6.25. The van der Waals surface area contributed by atoms with E-state index in [-0.39, 0.29) is 5.54 Å². The van der Waals surface area contributed by atoms with E-state index in [1.54, 1.807) is 11.3 Å². The summed E-state index contributed by atoms with van der Waals surface area (Å²) in [6.07, 6.45) is 0. The van der Waals surface area contributed by atoms with Crippen LogP contribution in [0.2, 0.25) is 0 Å². The fourth-order valence-electron chi connectivity index (χ4n) is 1.92. The Bertz CT molecular complexity index is 569. The molecule has 21 heavy (non-hydrogen) atoms. The molecule has 0 aliphatic heterocycles. The molecule has 1 N–H and O–H groups in total. The molecule has 0 unspecified atom stereocenters. The molecule has 4 heteroatoms. The molecule has 0 bridgehead atoms. The number of anilines is 1. The molecule has 1 aromatic carbocycles. The molecule has 1 aromatic heterocycles. The van der Waals surface area contributed by atoms with Gasteiger partial charge in [0.25, 0.3) is 0 Å². The number of thiazole rings is 1. The van der Waals surface area contributed by atoms with Gasteiger partial charge in [0.15, 0.2) is 5.13 Å². The van der Waals surface area contributed by atoms with Gasteiger partial charge < -0.3 is 10.2 Å². The van der Waals surface area contributed by atoms with Crippen LogP contribution in [0.1, 0.15) is 32.6 Å². The van der Waals surface area contributed by atoms with Gasteiger partial charge in [0.1, 0.15) is 0 Å². The second-order valence-corrected chi connectivity index (χ2v) is 7.31. The van der Waals surface area contributed by atoms with Crippen molar-refractivity contribution in [2.45, 2.75) is 39.8 Å². The van der Waals surface area contributed by atoms with Crippen molar-refractivity contribution in [3.8, 4) is 11.3 Å². The summed E-state index contributed by atoms with van der Waals surface area (Å²) < 4.78 is 0. The van der Waals surface area contributed by atoms with Crippen molar-refractivity contribution in [3.63, 3.8) is 0 Å². The SMILES string of the molecule is CCN(C)c1nc(-c2ccccc2)c(CNC(C)(C)C)s1. The predicted molar refractivity (Wildman–Crippen MR) is 93.1 cm³/mol. The lowest BCUT2D eigenvalue weighted by molar-refractivity contribution is 0.426. The van der Waals surface area contributed by atoms with Crippen LogP contribution in [-0.2, 0) is 6.54 Å². The molecule has 0 saturated carbocycles. The molecule has 0 amide bonds. The first-order valence-corrected chi connectivity index (χ1v) is 8.23. The van der Waals surface area contributed by atoms with E-state index in [0.717, 1.165) is 23.9 Å². The summed E-state index contributed by atoms with van der Waals surface area (Å²) in [5, 5.41) is 4.66. The van der Waals surface area contributed by atoms with Crippen molar-refractivity contribution in [2.24, 2.45) is 0 Å². The van der Waals surface area contributed by atoms with Crippen molar-refractivity contribution in [1.82, 2.24) is 10.3 Å². The van der Waals surface area contributed by atoms with Crippen LogP contribution >= 0.6 is 11.3 Å². The number of nitrogens with zero attached hydrogens (tertiary/aromatic N) is 2. The summed E-state index contributed by atoms with van der Waals surface area (Å²) in [4.78, 5) is 8.35. The largest absolute Gasteiger partial charge is 0.351 e. The fourth-order valence-corrected chi connectivity index (χ4v) is 2.97. The van der Waals surface area contributed by atoms with E-state index in [1.807, 2.05) is 6.07 Å². The van der Waals surface area contributed by atoms with Gasteiger partial charge in [-0.2, -0.15) is 0 Å². The number of hydrogen-bond donors (Lipinski definition) is 1. The van der Waals surface area contributed by atoms with Crippen LogP contribution < -0.4 is 10.2 Å². The first kappa shape index (κ1) is 16.0. The molecule has 0 aliphatic rings. The molecule has 0 radical (unpaired) electrons. The lowest BCUT2D eigenvalue weighted by Crippen LogP contribution is -2.34. The minimum atomic E-state index is 0.106. The summed E-state index contributed by atoms with van der Waals surface area (Å²) in [5.74, 6) is 0. The maximum absolute atomic E-state index is 4.86. The van der Waals surface area contributed by atoms with E-state index < -0.39 is 0 Å². The average molecular weight is 303 g/mol. The quantitative estimate of drug-likeness (QED) is 0.899. The average Bonchev–Trinajstić information content (AvgIpc) is 2.89. The van der Waals surface area contributed by atoms with Gasteiger partial charge >= 0.3 is 0 Å². The van der Waals surface area contributed by atoms with E-state index in [0.29, 0.717) is 0 Å². The maximum Gasteiger partial charge on any atom is 0.185 e. The molecule has 3 nitrogen and oxygen atoms in total. The van der Waals surface area contributed by atoms with Crippen LogP contribution in [0.3, 0.4) is 0 Å². The molecular weight excluding hydrogens is 278 g/mol. The zero-order chi connectivity index (χ0) is 15.5. The molecule has 0 aliphatic carbocycles. The Morgan fingerprint density at radius 1 is 1.19 bits per heavy atom. The van der Waals surface area contributed by atoms with E-state index >= 15 is 0 Å². The Morgan fingerprint density at radius 3 is 2.43 bits per heavy atom. The predicted octanol–water partition coefficient (Wildman–Crippen LogP) is 4.15. The summed E-state index contributed by atoms with van der Waals surface area (Å²) in [6.45, 7) is 10.5. The lowest BCUT2D eigenvalue weighted by Gasteiger charge is -2.20. The van der Waals surface area contributed by atoms with Crippen LogP contribution in [0.15, 0.2) is 30.3 Å². The number of benzene rings is 1. The monoisotopic (exact) mass is 303 g/mol. The topological polar surface area (TPSA) is 28.2 Å². The minimum absolute atomic E-state index is 0.106. The van der Waals surface area contributed by atoms with Crippen molar-refractivity contribution in [3.05, 3.63) is 35.2 Å². The van der Waals surface area contributed by atoms with E-state index in [2.05, 4.69) is 69.2 Å². The Hall–Kier alpha value is -1.39. The van der Waals surface area contributed by atoms with Crippen molar-refractivity contribution in [2.75, 3.05) is 18.5 Å². The van der Waals surface area contributed by atoms with Crippen molar-refractivity contribution in [1.29, 1.82) is 0 Å². The van der Waals surface area contributed by atoms with Crippen molar-refractivity contribution >= 4 is 16.5 Å². The zero-order valence-electron chi connectivity index (χ0n) is 13.6. The highest BCUT2D eigenvalue weighted by molar-refractivity contribution is 7.16. The van der Waals surface area contributed by atoms with Crippen LogP contribution in [0.5, 0.6) is 0 Å². The van der Waals surface area contributed by atoms with Gasteiger partial charge in [-0.3, -0.25) is 0 Å². The van der Waals surface area contributed by atoms with Gasteiger partial charge in [-0.1, -0.05) is 41.7 Å². The molecule has 114 valence electrons. The van der Waals surface area contributed by atoms with Gasteiger partial charge in [-0.25, -0.2) is 4.98 Å².